The highest BCUT2D eigenvalue weighted by Crippen LogP contribution is 2.20. The molecule has 1 aromatic carbocycles. The van der Waals surface area contributed by atoms with Crippen molar-refractivity contribution in [3.63, 3.8) is 0 Å². The maximum atomic E-state index is 12.9. The van der Waals surface area contributed by atoms with E-state index in [1.807, 2.05) is 11.0 Å². The molecule has 2 aromatic heterocycles. The first-order valence-electron chi connectivity index (χ1n) is 9.04. The zero-order valence-electron chi connectivity index (χ0n) is 15.1. The molecule has 0 bridgehead atoms. The number of amides is 1. The number of hydrogen-bond donors (Lipinski definition) is 2. The summed E-state index contributed by atoms with van der Waals surface area (Å²) >= 11 is 0. The number of carbonyl (C=O) groups is 1. The average Bonchev–Trinajstić information content (AvgIpc) is 3.32. The number of aliphatic hydroxyl groups excluding tert-OH is 1. The number of aromatic nitrogens is 3. The van der Waals surface area contributed by atoms with Crippen LogP contribution in [-0.4, -0.2) is 58.0 Å². The minimum Gasteiger partial charge on any atom is -0.492 e. The van der Waals surface area contributed by atoms with Gasteiger partial charge in [-0.25, -0.2) is 13.9 Å². The largest absolute Gasteiger partial charge is 0.492 e. The van der Waals surface area contributed by atoms with E-state index in [0.29, 0.717) is 35.7 Å². The summed E-state index contributed by atoms with van der Waals surface area (Å²) in [5.41, 5.74) is 0.819. The Balaban J connectivity index is 1.38. The minimum atomic E-state index is -0.355. The Bertz CT molecular complexity index is 975. The van der Waals surface area contributed by atoms with Crippen LogP contribution in [-0.2, 0) is 0 Å². The molecule has 9 heteroatoms. The van der Waals surface area contributed by atoms with Crippen LogP contribution < -0.4 is 15.0 Å². The lowest BCUT2D eigenvalue weighted by Crippen LogP contribution is -2.28. The lowest BCUT2D eigenvalue weighted by molar-refractivity contribution is 0.0948. The van der Waals surface area contributed by atoms with Gasteiger partial charge in [0.05, 0.1) is 18.8 Å². The van der Waals surface area contributed by atoms with Gasteiger partial charge in [0, 0.05) is 19.3 Å². The van der Waals surface area contributed by atoms with Gasteiger partial charge in [0.25, 0.3) is 5.91 Å². The second-order valence-corrected chi connectivity index (χ2v) is 6.56. The Morgan fingerprint density at radius 2 is 2.14 bits per heavy atom. The predicted molar refractivity (Wildman–Crippen MR) is 100 cm³/mol. The number of fused-ring (bicyclic) bond motifs is 1. The van der Waals surface area contributed by atoms with Crippen molar-refractivity contribution in [2.24, 2.45) is 0 Å². The number of β-amino-alcohol motifs (C(OH)–C–C–N with tert-alkyl or cyclic N) is 1. The van der Waals surface area contributed by atoms with E-state index in [4.69, 9.17) is 4.74 Å². The van der Waals surface area contributed by atoms with Crippen molar-refractivity contribution < 1.29 is 19.0 Å². The van der Waals surface area contributed by atoms with Crippen molar-refractivity contribution >= 4 is 17.4 Å². The van der Waals surface area contributed by atoms with Crippen LogP contribution in [0.2, 0.25) is 0 Å². The van der Waals surface area contributed by atoms with Gasteiger partial charge in [-0.05, 0) is 36.8 Å². The summed E-state index contributed by atoms with van der Waals surface area (Å²) in [7, 11) is 0. The third-order valence-electron chi connectivity index (χ3n) is 4.56. The molecule has 1 fully saturated rings. The van der Waals surface area contributed by atoms with Gasteiger partial charge >= 0.3 is 0 Å². The van der Waals surface area contributed by atoms with E-state index in [1.54, 1.807) is 10.7 Å². The molecule has 0 aliphatic carbocycles. The molecule has 2 N–H and O–H groups in total. The van der Waals surface area contributed by atoms with Crippen molar-refractivity contribution in [2.75, 3.05) is 31.1 Å². The summed E-state index contributed by atoms with van der Waals surface area (Å²) in [5.74, 6) is 0.608. The molecule has 3 aromatic rings. The molecule has 0 spiro atoms. The highest BCUT2D eigenvalue weighted by molar-refractivity contribution is 5.99. The van der Waals surface area contributed by atoms with Crippen molar-refractivity contribution in [1.82, 2.24) is 19.9 Å². The Kier molecular flexibility index (Phi) is 5.07. The molecule has 1 saturated heterocycles. The summed E-state index contributed by atoms with van der Waals surface area (Å²) in [4.78, 5) is 19.0. The van der Waals surface area contributed by atoms with Crippen LogP contribution in [0.15, 0.2) is 42.7 Å². The molecule has 1 amide bonds. The fourth-order valence-electron chi connectivity index (χ4n) is 3.11. The predicted octanol–water partition coefficient (Wildman–Crippen LogP) is 1.25. The monoisotopic (exact) mass is 385 g/mol. The Morgan fingerprint density at radius 1 is 1.32 bits per heavy atom. The zero-order chi connectivity index (χ0) is 19.5. The fraction of sp³-hybridized carbons (Fsp3) is 0.316. The van der Waals surface area contributed by atoms with Gasteiger partial charge in [0.15, 0.2) is 5.65 Å². The lowest BCUT2D eigenvalue weighted by atomic mass is 10.3. The number of rotatable bonds is 6. The maximum absolute atomic E-state index is 12.9. The number of ether oxygens (including phenoxy) is 1. The maximum Gasteiger partial charge on any atom is 0.256 e. The van der Waals surface area contributed by atoms with E-state index in [9.17, 15) is 14.3 Å². The molecule has 0 radical (unpaired) electrons. The molecule has 3 heterocycles. The molecule has 1 aliphatic rings. The topological polar surface area (TPSA) is 92.0 Å². The van der Waals surface area contributed by atoms with Crippen LogP contribution in [0, 0.1) is 5.82 Å². The second-order valence-electron chi connectivity index (χ2n) is 6.56. The molecule has 28 heavy (non-hydrogen) atoms. The number of carbonyl (C=O) groups excluding carboxylic acids is 1. The van der Waals surface area contributed by atoms with E-state index in [2.05, 4.69) is 15.4 Å². The van der Waals surface area contributed by atoms with Crippen LogP contribution in [0.5, 0.6) is 5.75 Å². The van der Waals surface area contributed by atoms with E-state index < -0.39 is 0 Å². The van der Waals surface area contributed by atoms with Crippen molar-refractivity contribution in [2.45, 2.75) is 12.5 Å². The van der Waals surface area contributed by atoms with Gasteiger partial charge in [0.1, 0.15) is 29.6 Å². The Labute approximate surface area is 160 Å². The van der Waals surface area contributed by atoms with Gasteiger partial charge < -0.3 is 20.1 Å². The minimum absolute atomic E-state index is 0.251. The second kappa shape index (κ2) is 7.81. The molecule has 4 rings (SSSR count). The van der Waals surface area contributed by atoms with Gasteiger partial charge in [-0.15, -0.1) is 0 Å². The van der Waals surface area contributed by atoms with E-state index in [1.165, 1.54) is 30.5 Å². The molecule has 1 aliphatic heterocycles. The van der Waals surface area contributed by atoms with Crippen molar-refractivity contribution in [1.29, 1.82) is 0 Å². The normalized spacial score (nSPS) is 16.5. The number of nitrogens with one attached hydrogen (secondary N) is 1. The summed E-state index contributed by atoms with van der Waals surface area (Å²) in [5, 5.41) is 16.6. The molecule has 0 saturated carbocycles. The molecular formula is C19H20FN5O3. The Morgan fingerprint density at radius 3 is 2.89 bits per heavy atom. The fourth-order valence-corrected chi connectivity index (χ4v) is 3.11. The van der Waals surface area contributed by atoms with Gasteiger partial charge in [-0.2, -0.15) is 5.10 Å². The zero-order valence-corrected chi connectivity index (χ0v) is 15.1. The summed E-state index contributed by atoms with van der Waals surface area (Å²) in [6, 6.07) is 7.51. The third-order valence-corrected chi connectivity index (χ3v) is 4.56. The van der Waals surface area contributed by atoms with Gasteiger partial charge in [-0.3, -0.25) is 4.79 Å². The first-order valence-corrected chi connectivity index (χ1v) is 9.04. The van der Waals surface area contributed by atoms with Gasteiger partial charge in [-0.1, -0.05) is 0 Å². The summed E-state index contributed by atoms with van der Waals surface area (Å²) < 4.78 is 19.9. The highest BCUT2D eigenvalue weighted by Gasteiger charge is 2.22. The Hall–Kier alpha value is -3.20. The summed E-state index contributed by atoms with van der Waals surface area (Å²) in [6.07, 6.45) is 3.57. The quantitative estimate of drug-likeness (QED) is 0.621. The van der Waals surface area contributed by atoms with Crippen LogP contribution in [0.3, 0.4) is 0 Å². The third kappa shape index (κ3) is 3.89. The van der Waals surface area contributed by atoms with Crippen LogP contribution >= 0.6 is 0 Å². The van der Waals surface area contributed by atoms with E-state index in [-0.39, 0.29) is 31.0 Å². The average molecular weight is 385 g/mol. The molecule has 8 nitrogen and oxygen atoms in total. The molecular weight excluding hydrogens is 365 g/mol. The first-order chi connectivity index (χ1) is 13.6. The van der Waals surface area contributed by atoms with E-state index in [0.717, 1.165) is 6.54 Å². The molecule has 1 atom stereocenters. The van der Waals surface area contributed by atoms with Crippen LogP contribution in [0.1, 0.15) is 16.8 Å². The standard InChI is InChI=1S/C19H20FN5O3/c20-13-1-3-15(4-2-13)28-10-7-21-19(27)16-11-22-25-9-6-17(23-18(16)25)24-8-5-14(26)12-24/h1-4,6,9,11,14,26H,5,7-8,10,12H2,(H,21,27). The number of benzene rings is 1. The number of halogens is 1. The number of nitrogens with zero attached hydrogens (tertiary/aromatic N) is 4. The number of aliphatic hydroxyl groups is 1. The smallest absolute Gasteiger partial charge is 0.256 e. The highest BCUT2D eigenvalue weighted by atomic mass is 19.1. The number of hydrogen-bond acceptors (Lipinski definition) is 6. The van der Waals surface area contributed by atoms with Crippen molar-refractivity contribution in [3.8, 4) is 5.75 Å². The molecule has 146 valence electrons. The van der Waals surface area contributed by atoms with Crippen LogP contribution in [0.25, 0.3) is 5.65 Å². The van der Waals surface area contributed by atoms with Crippen molar-refractivity contribution in [3.05, 3.63) is 54.1 Å². The van der Waals surface area contributed by atoms with Crippen LogP contribution in [0.4, 0.5) is 10.2 Å². The molecule has 1 unspecified atom stereocenters. The van der Waals surface area contributed by atoms with Gasteiger partial charge in [0.2, 0.25) is 0 Å². The lowest BCUT2D eigenvalue weighted by Gasteiger charge is -2.16. The number of anilines is 1. The SMILES string of the molecule is O=C(NCCOc1ccc(F)cc1)c1cnn2ccc(N3CCC(O)C3)nc12. The first kappa shape index (κ1) is 18.2. The summed E-state index contributed by atoms with van der Waals surface area (Å²) in [6.45, 7) is 1.78. The van der Waals surface area contributed by atoms with E-state index >= 15 is 0 Å².